The Morgan fingerprint density at radius 3 is 2.95 bits per heavy atom. The van der Waals surface area contributed by atoms with E-state index in [0.29, 0.717) is 6.04 Å². The molecule has 3 aliphatic heterocycles. The van der Waals surface area contributed by atoms with Gasteiger partial charge in [0.15, 0.2) is 11.9 Å². The summed E-state index contributed by atoms with van der Waals surface area (Å²) in [5, 5.41) is 0. The van der Waals surface area contributed by atoms with Gasteiger partial charge < -0.3 is 14.2 Å². The van der Waals surface area contributed by atoms with Crippen LogP contribution in [-0.2, 0) is 19.0 Å². The van der Waals surface area contributed by atoms with E-state index in [0.717, 1.165) is 24.8 Å². The van der Waals surface area contributed by atoms with Gasteiger partial charge in [-0.05, 0) is 12.8 Å². The summed E-state index contributed by atoms with van der Waals surface area (Å²) in [6.07, 6.45) is 8.55. The van der Waals surface area contributed by atoms with Gasteiger partial charge in [-0.25, -0.2) is 4.79 Å². The molecule has 0 N–H and O–H groups in total. The predicted molar refractivity (Wildman–Crippen MR) is 70.9 cm³/mol. The van der Waals surface area contributed by atoms with Gasteiger partial charge >= 0.3 is 5.97 Å². The summed E-state index contributed by atoms with van der Waals surface area (Å²) in [4.78, 5) is 14.1. The van der Waals surface area contributed by atoms with Crippen molar-refractivity contribution in [2.24, 2.45) is 0 Å². The number of hydrogen-bond acceptors (Lipinski definition) is 5. The van der Waals surface area contributed by atoms with Gasteiger partial charge in [0.2, 0.25) is 0 Å². The van der Waals surface area contributed by atoms with Crippen molar-refractivity contribution >= 4 is 5.97 Å². The molecule has 108 valence electrons. The van der Waals surface area contributed by atoms with Gasteiger partial charge in [0.25, 0.3) is 0 Å². The van der Waals surface area contributed by atoms with Crippen LogP contribution >= 0.6 is 0 Å². The van der Waals surface area contributed by atoms with Crippen molar-refractivity contribution < 1.29 is 19.0 Å². The van der Waals surface area contributed by atoms with Gasteiger partial charge in [-0.1, -0.05) is 12.2 Å². The summed E-state index contributed by atoms with van der Waals surface area (Å²) in [6.45, 7) is 0. The second kappa shape index (κ2) is 4.16. The lowest BCUT2D eigenvalue weighted by Gasteiger charge is -2.33. The molecule has 2 fully saturated rings. The van der Waals surface area contributed by atoms with Crippen molar-refractivity contribution in [1.29, 1.82) is 0 Å². The number of hydrogen-bond donors (Lipinski definition) is 0. The van der Waals surface area contributed by atoms with E-state index < -0.39 is 5.60 Å². The van der Waals surface area contributed by atoms with Gasteiger partial charge in [-0.3, -0.25) is 4.90 Å². The largest absolute Gasteiger partial charge is 0.449 e. The second-order valence-electron chi connectivity index (χ2n) is 5.99. The molecule has 1 unspecified atom stereocenters. The van der Waals surface area contributed by atoms with Crippen molar-refractivity contribution in [2.75, 3.05) is 14.2 Å². The van der Waals surface area contributed by atoms with Crippen molar-refractivity contribution in [1.82, 2.24) is 4.90 Å². The van der Waals surface area contributed by atoms with Crippen LogP contribution in [-0.4, -0.2) is 55.1 Å². The Labute approximate surface area is 118 Å². The molecule has 5 heteroatoms. The van der Waals surface area contributed by atoms with E-state index in [1.807, 2.05) is 0 Å². The van der Waals surface area contributed by atoms with Crippen molar-refractivity contribution in [3.05, 3.63) is 23.8 Å². The Morgan fingerprint density at radius 2 is 2.20 bits per heavy atom. The third-order valence-electron chi connectivity index (χ3n) is 5.23. The summed E-state index contributed by atoms with van der Waals surface area (Å²) in [6, 6.07) is 0.782. The number of methoxy groups -OCH3 is 2. The fraction of sp³-hybridized carbons (Fsp3) is 0.667. The molecule has 0 aromatic carbocycles. The van der Waals surface area contributed by atoms with Crippen molar-refractivity contribution in [3.8, 4) is 0 Å². The minimum Gasteiger partial charge on any atom is -0.449 e. The third-order valence-corrected chi connectivity index (χ3v) is 5.23. The average molecular weight is 277 g/mol. The molecule has 2 bridgehead atoms. The van der Waals surface area contributed by atoms with E-state index in [1.165, 1.54) is 0 Å². The zero-order chi connectivity index (χ0) is 13.9. The van der Waals surface area contributed by atoms with E-state index in [9.17, 15) is 4.79 Å². The number of ether oxygens (including phenoxy) is 3. The molecule has 4 aliphatic rings. The number of nitrogens with zero attached hydrogens (tertiary/aromatic N) is 1. The lowest BCUT2D eigenvalue weighted by Crippen LogP contribution is -2.48. The SMILES string of the molecule is COC(OC)[C@H]1CCC2N1[C@@H]1C=CC3=CC(=O)O[C@@]32C1. The molecule has 5 nitrogen and oxygen atoms in total. The summed E-state index contributed by atoms with van der Waals surface area (Å²) < 4.78 is 16.7. The average Bonchev–Trinajstić information content (AvgIpc) is 3.06. The molecule has 20 heavy (non-hydrogen) atoms. The highest BCUT2D eigenvalue weighted by Crippen LogP contribution is 2.54. The number of esters is 1. The van der Waals surface area contributed by atoms with Crippen LogP contribution in [0.25, 0.3) is 0 Å². The predicted octanol–water partition coefficient (Wildman–Crippen LogP) is 1.00. The molecule has 1 aliphatic carbocycles. The molecule has 4 rings (SSSR count). The van der Waals surface area contributed by atoms with E-state index in [1.54, 1.807) is 20.3 Å². The normalized spacial score (nSPS) is 41.9. The van der Waals surface area contributed by atoms with Crippen LogP contribution in [0.5, 0.6) is 0 Å². The molecular formula is C15H19NO4. The van der Waals surface area contributed by atoms with Crippen LogP contribution in [0.15, 0.2) is 23.8 Å². The zero-order valence-electron chi connectivity index (χ0n) is 11.7. The Morgan fingerprint density at radius 1 is 1.40 bits per heavy atom. The smallest absolute Gasteiger partial charge is 0.332 e. The summed E-state index contributed by atoms with van der Waals surface area (Å²) in [5.74, 6) is -0.203. The van der Waals surface area contributed by atoms with Crippen molar-refractivity contribution in [3.63, 3.8) is 0 Å². The maximum Gasteiger partial charge on any atom is 0.332 e. The Bertz CT molecular complexity index is 510. The molecule has 0 saturated carbocycles. The van der Waals surface area contributed by atoms with Gasteiger partial charge in [0, 0.05) is 38.3 Å². The summed E-state index contributed by atoms with van der Waals surface area (Å²) in [5.41, 5.74) is 0.621. The Kier molecular flexibility index (Phi) is 2.61. The van der Waals surface area contributed by atoms with Crippen LogP contribution in [0.1, 0.15) is 19.3 Å². The van der Waals surface area contributed by atoms with E-state index in [4.69, 9.17) is 14.2 Å². The van der Waals surface area contributed by atoms with E-state index in [-0.39, 0.29) is 24.3 Å². The highest BCUT2D eigenvalue weighted by Gasteiger charge is 2.63. The quantitative estimate of drug-likeness (QED) is 0.569. The zero-order valence-corrected chi connectivity index (χ0v) is 11.7. The minimum atomic E-state index is -0.419. The summed E-state index contributed by atoms with van der Waals surface area (Å²) >= 11 is 0. The third kappa shape index (κ3) is 1.40. The Hall–Kier alpha value is -1.17. The molecule has 4 atom stereocenters. The van der Waals surface area contributed by atoms with Gasteiger partial charge in [0.05, 0.1) is 12.1 Å². The minimum absolute atomic E-state index is 0.203. The van der Waals surface area contributed by atoms with Crippen LogP contribution in [0.3, 0.4) is 0 Å². The van der Waals surface area contributed by atoms with E-state index >= 15 is 0 Å². The highest BCUT2D eigenvalue weighted by molar-refractivity contribution is 5.88. The first-order chi connectivity index (χ1) is 9.69. The number of carbonyl (C=O) groups is 1. The monoisotopic (exact) mass is 277 g/mol. The maximum absolute atomic E-state index is 11.7. The molecule has 1 spiro atoms. The fourth-order valence-electron chi connectivity index (χ4n) is 4.56. The molecule has 0 aromatic rings. The maximum atomic E-state index is 11.7. The number of rotatable bonds is 3. The molecule has 0 amide bonds. The lowest BCUT2D eigenvalue weighted by atomic mass is 9.81. The van der Waals surface area contributed by atoms with Crippen LogP contribution in [0.2, 0.25) is 0 Å². The summed E-state index contributed by atoms with van der Waals surface area (Å²) in [7, 11) is 3.36. The molecule has 0 aromatic heterocycles. The molecule has 0 radical (unpaired) electrons. The molecular weight excluding hydrogens is 258 g/mol. The fourth-order valence-corrected chi connectivity index (χ4v) is 4.56. The van der Waals surface area contributed by atoms with E-state index in [2.05, 4.69) is 17.1 Å². The highest BCUT2D eigenvalue weighted by atomic mass is 16.7. The lowest BCUT2D eigenvalue weighted by molar-refractivity contribution is -0.151. The first-order valence-corrected chi connectivity index (χ1v) is 7.16. The molecule has 2 saturated heterocycles. The van der Waals surface area contributed by atoms with Crippen molar-refractivity contribution in [2.45, 2.75) is 49.3 Å². The first-order valence-electron chi connectivity index (χ1n) is 7.16. The number of carbonyl (C=O) groups excluding carboxylic acids is 1. The molecule has 3 heterocycles. The number of fused-ring (bicyclic) bond motifs is 3. The second-order valence-corrected chi connectivity index (χ2v) is 5.99. The topological polar surface area (TPSA) is 48.0 Å². The van der Waals surface area contributed by atoms with Gasteiger partial charge in [-0.2, -0.15) is 0 Å². The first kappa shape index (κ1) is 12.6. The van der Waals surface area contributed by atoms with Gasteiger partial charge in [-0.15, -0.1) is 0 Å². The van der Waals surface area contributed by atoms with Crippen LogP contribution in [0.4, 0.5) is 0 Å². The Balaban J connectivity index is 1.71. The van der Waals surface area contributed by atoms with Crippen LogP contribution in [0, 0.1) is 0 Å². The van der Waals surface area contributed by atoms with Gasteiger partial charge in [0.1, 0.15) is 0 Å². The standard InChI is InChI=1S/C15H19NO4/c1-18-14(19-2)11-5-6-12-15-8-10(16(11)12)4-3-9(15)7-13(17)20-15/h3-4,7,10-12,14H,5-6,8H2,1-2H3/t10-,11-,12?,15+/m1/s1. The van der Waals surface area contributed by atoms with Crippen LogP contribution < -0.4 is 0 Å².